The molecule has 0 N–H and O–H groups in total. The zero-order valence-electron chi connectivity index (χ0n) is 49.4. The van der Waals surface area contributed by atoms with Crippen molar-refractivity contribution < 1.29 is 28.6 Å². The molecular formula is C71H112O6. The van der Waals surface area contributed by atoms with E-state index in [4.69, 9.17) is 14.2 Å². The maximum atomic E-state index is 12.9. The summed E-state index contributed by atoms with van der Waals surface area (Å²) >= 11 is 0. The topological polar surface area (TPSA) is 78.9 Å². The monoisotopic (exact) mass is 1060 g/mol. The van der Waals surface area contributed by atoms with E-state index in [1.165, 1.54) is 83.5 Å². The summed E-state index contributed by atoms with van der Waals surface area (Å²) in [5.74, 6) is -1.08. The molecule has 0 radical (unpaired) electrons. The zero-order chi connectivity index (χ0) is 55.7. The van der Waals surface area contributed by atoms with E-state index in [1.807, 2.05) is 6.08 Å². The van der Waals surface area contributed by atoms with E-state index >= 15 is 0 Å². The third-order valence-electron chi connectivity index (χ3n) is 12.5. The summed E-state index contributed by atoms with van der Waals surface area (Å²) in [7, 11) is 0. The second-order valence-corrected chi connectivity index (χ2v) is 19.9. The highest BCUT2D eigenvalue weighted by Crippen LogP contribution is 2.14. The quantitative estimate of drug-likeness (QED) is 0.0261. The number of hydrogen-bond acceptors (Lipinski definition) is 6. The van der Waals surface area contributed by atoms with E-state index in [0.29, 0.717) is 12.8 Å². The summed E-state index contributed by atoms with van der Waals surface area (Å²) in [5, 5.41) is 0. The van der Waals surface area contributed by atoms with Crippen LogP contribution in [0.2, 0.25) is 0 Å². The molecule has 1 unspecified atom stereocenters. The Bertz CT molecular complexity index is 1740. The maximum Gasteiger partial charge on any atom is 0.309 e. The molecule has 0 saturated carbocycles. The first-order valence-electron chi connectivity index (χ1n) is 31.0. The lowest BCUT2D eigenvalue weighted by molar-refractivity contribution is -0.166. The number of hydrogen-bond donors (Lipinski definition) is 0. The molecule has 0 aliphatic rings. The van der Waals surface area contributed by atoms with Crippen molar-refractivity contribution in [3.05, 3.63) is 158 Å². The van der Waals surface area contributed by atoms with Gasteiger partial charge in [-0.2, -0.15) is 0 Å². The van der Waals surface area contributed by atoms with Gasteiger partial charge in [0, 0.05) is 12.8 Å². The number of ether oxygens (including phenoxy) is 3. The van der Waals surface area contributed by atoms with Gasteiger partial charge in [0.15, 0.2) is 6.10 Å². The zero-order valence-corrected chi connectivity index (χ0v) is 49.4. The van der Waals surface area contributed by atoms with Crippen molar-refractivity contribution in [1.82, 2.24) is 0 Å². The Morgan fingerprint density at radius 3 is 0.909 bits per heavy atom. The van der Waals surface area contributed by atoms with Gasteiger partial charge >= 0.3 is 17.9 Å². The van der Waals surface area contributed by atoms with Gasteiger partial charge in [0.25, 0.3) is 0 Å². The lowest BCUT2D eigenvalue weighted by Gasteiger charge is -2.18. The van der Waals surface area contributed by atoms with Crippen LogP contribution in [0.4, 0.5) is 0 Å². The van der Waals surface area contributed by atoms with Gasteiger partial charge in [-0.15, -0.1) is 0 Å². The van der Waals surface area contributed by atoms with Crippen molar-refractivity contribution in [3.63, 3.8) is 0 Å². The Morgan fingerprint density at radius 1 is 0.286 bits per heavy atom. The molecule has 6 nitrogen and oxygen atoms in total. The number of unbranched alkanes of at least 4 members (excludes halogenated alkanes) is 18. The van der Waals surface area contributed by atoms with Crippen LogP contribution in [0.15, 0.2) is 158 Å². The number of allylic oxidation sites excluding steroid dienone is 25. The average Bonchev–Trinajstić information content (AvgIpc) is 3.43. The van der Waals surface area contributed by atoms with Gasteiger partial charge in [-0.05, 0) is 128 Å². The molecule has 0 bridgehead atoms. The molecule has 0 spiro atoms. The fraction of sp³-hybridized carbons (Fsp3) is 0.592. The summed E-state index contributed by atoms with van der Waals surface area (Å²) in [6.07, 6.45) is 92.6. The minimum absolute atomic E-state index is 0.116. The van der Waals surface area contributed by atoms with Crippen molar-refractivity contribution in [1.29, 1.82) is 0 Å². The van der Waals surface area contributed by atoms with Crippen molar-refractivity contribution in [2.24, 2.45) is 0 Å². The van der Waals surface area contributed by atoms with Crippen LogP contribution in [0.5, 0.6) is 0 Å². The predicted molar refractivity (Wildman–Crippen MR) is 334 cm³/mol. The van der Waals surface area contributed by atoms with Gasteiger partial charge < -0.3 is 14.2 Å². The summed E-state index contributed by atoms with van der Waals surface area (Å²) in [6.45, 7) is 6.28. The van der Waals surface area contributed by atoms with Gasteiger partial charge in [0.05, 0.1) is 6.42 Å². The molecule has 1 atom stereocenters. The molecule has 77 heavy (non-hydrogen) atoms. The van der Waals surface area contributed by atoms with Crippen LogP contribution in [0, 0.1) is 0 Å². The van der Waals surface area contributed by atoms with Gasteiger partial charge in [-0.3, -0.25) is 14.4 Å². The SMILES string of the molecule is CC/C=C\C/C=C\C/C=C\C/C=C\C/C=C\C/C=C\CCCCCCCCC(=O)OCC(COC(=O)C/C=C\C/C=C\C/C=C\C/C=C\C/C=C\CC)OC(=O)CCCCCCCCCCC/C=C\C/C=C\CCCCC. The second-order valence-electron chi connectivity index (χ2n) is 19.9. The normalized spacial score (nSPS) is 13.2. The second kappa shape index (κ2) is 63.6. The molecule has 0 amide bonds. The minimum Gasteiger partial charge on any atom is -0.462 e. The number of rotatable bonds is 54. The van der Waals surface area contributed by atoms with E-state index in [1.54, 1.807) is 6.08 Å². The van der Waals surface area contributed by atoms with Crippen LogP contribution in [0.1, 0.15) is 252 Å². The first-order chi connectivity index (χ1) is 38.0. The van der Waals surface area contributed by atoms with Crippen LogP contribution in [-0.2, 0) is 28.6 Å². The molecule has 0 saturated heterocycles. The Morgan fingerprint density at radius 2 is 0.558 bits per heavy atom. The largest absolute Gasteiger partial charge is 0.462 e. The standard InChI is InChI=1S/C71H112O6/c1-4-7-10-13-16-19-22-25-28-30-32-33-34-35-36-37-39-40-43-46-49-52-55-58-61-64-70(73)76-67-68(66-75-69(72)63-60-57-54-51-48-45-42-27-24-21-18-15-12-9-6-3)77-71(74)65-62-59-56-53-50-47-44-41-38-31-29-26-23-20-17-14-11-8-5-2/h7,9-10,12,16-21,25-29,32-33,35-36,39-40,42,48,51,57,60,68H,4-6,8,11,13-15,22-24,30-31,34,37-38,41,43-47,49-50,52-56,58-59,61-67H2,1-3H3/b10-7-,12-9-,19-16-,20-17-,21-18-,28-25-,29-26-,33-32-,36-35-,40-39-,42-27-,51-48-,60-57-. The van der Waals surface area contributed by atoms with Crippen molar-refractivity contribution in [2.75, 3.05) is 13.2 Å². The molecule has 0 aromatic heterocycles. The molecule has 0 rings (SSSR count). The third-order valence-corrected chi connectivity index (χ3v) is 12.5. The van der Waals surface area contributed by atoms with Gasteiger partial charge in [-0.1, -0.05) is 262 Å². The molecule has 0 aromatic carbocycles. The maximum absolute atomic E-state index is 12.9. The lowest BCUT2D eigenvalue weighted by Crippen LogP contribution is -2.30. The van der Waals surface area contributed by atoms with E-state index in [0.717, 1.165) is 128 Å². The molecule has 0 heterocycles. The third kappa shape index (κ3) is 61.8. The van der Waals surface area contributed by atoms with Crippen molar-refractivity contribution >= 4 is 17.9 Å². The van der Waals surface area contributed by atoms with Crippen LogP contribution in [0.3, 0.4) is 0 Å². The molecule has 432 valence electrons. The average molecular weight is 1060 g/mol. The number of carbonyl (C=O) groups excluding carboxylic acids is 3. The predicted octanol–water partition coefficient (Wildman–Crippen LogP) is 21.3. The molecule has 0 fully saturated rings. The van der Waals surface area contributed by atoms with Crippen molar-refractivity contribution in [3.8, 4) is 0 Å². The first kappa shape index (κ1) is 72.0. The Balaban J connectivity index is 4.50. The first-order valence-corrected chi connectivity index (χ1v) is 31.0. The Hall–Kier alpha value is -4.97. The summed E-state index contributed by atoms with van der Waals surface area (Å²) < 4.78 is 16.8. The van der Waals surface area contributed by atoms with Crippen LogP contribution in [-0.4, -0.2) is 37.2 Å². The summed E-state index contributed by atoms with van der Waals surface area (Å²) in [5.41, 5.74) is 0. The van der Waals surface area contributed by atoms with E-state index in [-0.39, 0.29) is 31.6 Å². The van der Waals surface area contributed by atoms with Gasteiger partial charge in [-0.25, -0.2) is 0 Å². The summed E-state index contributed by atoms with van der Waals surface area (Å²) in [4.78, 5) is 38.2. The highest BCUT2D eigenvalue weighted by atomic mass is 16.6. The highest BCUT2D eigenvalue weighted by molar-refractivity contribution is 5.72. The van der Waals surface area contributed by atoms with E-state index in [9.17, 15) is 14.4 Å². The smallest absolute Gasteiger partial charge is 0.309 e. The van der Waals surface area contributed by atoms with Crippen LogP contribution >= 0.6 is 0 Å². The molecule has 0 aliphatic heterocycles. The Labute approximate surface area is 473 Å². The fourth-order valence-corrected chi connectivity index (χ4v) is 7.96. The number of carbonyl (C=O) groups is 3. The van der Waals surface area contributed by atoms with E-state index < -0.39 is 12.1 Å². The van der Waals surface area contributed by atoms with Crippen LogP contribution < -0.4 is 0 Å². The Kier molecular flexibility index (Phi) is 59.5. The summed E-state index contributed by atoms with van der Waals surface area (Å²) in [6, 6.07) is 0. The molecule has 6 heteroatoms. The number of esters is 3. The highest BCUT2D eigenvalue weighted by Gasteiger charge is 2.19. The molecule has 0 aromatic rings. The van der Waals surface area contributed by atoms with Crippen molar-refractivity contribution in [2.45, 2.75) is 258 Å². The van der Waals surface area contributed by atoms with E-state index in [2.05, 4.69) is 167 Å². The minimum atomic E-state index is -0.836. The fourth-order valence-electron chi connectivity index (χ4n) is 7.96. The van der Waals surface area contributed by atoms with Gasteiger partial charge in [0.2, 0.25) is 0 Å². The van der Waals surface area contributed by atoms with Gasteiger partial charge in [0.1, 0.15) is 13.2 Å². The molecular weight excluding hydrogens is 949 g/mol. The van der Waals surface area contributed by atoms with Crippen LogP contribution in [0.25, 0.3) is 0 Å². The molecule has 0 aliphatic carbocycles. The lowest BCUT2D eigenvalue weighted by atomic mass is 10.1.